The summed E-state index contributed by atoms with van der Waals surface area (Å²) in [6.07, 6.45) is 4.60. The number of piperazine rings is 1. The lowest BCUT2D eigenvalue weighted by Crippen LogP contribution is -2.53. The summed E-state index contributed by atoms with van der Waals surface area (Å²) in [6, 6.07) is -0.348. The van der Waals surface area contributed by atoms with Gasteiger partial charge >= 0.3 is 0 Å². The summed E-state index contributed by atoms with van der Waals surface area (Å²) in [4.78, 5) is 20.6. The predicted molar refractivity (Wildman–Crippen MR) is 81.9 cm³/mol. The Balaban J connectivity index is 1.81. The van der Waals surface area contributed by atoms with Gasteiger partial charge < -0.3 is 15.5 Å². The Kier molecular flexibility index (Phi) is 5.47. The van der Waals surface area contributed by atoms with Gasteiger partial charge in [-0.3, -0.25) is 4.79 Å². The van der Waals surface area contributed by atoms with Crippen LogP contribution in [0.25, 0.3) is 0 Å². The highest BCUT2D eigenvalue weighted by molar-refractivity contribution is 7.98. The highest BCUT2D eigenvalue weighted by Gasteiger charge is 2.25. The first kappa shape index (κ1) is 14.6. The van der Waals surface area contributed by atoms with Crippen molar-refractivity contribution in [3.63, 3.8) is 0 Å². The smallest absolute Gasteiger partial charge is 0.239 e. The number of hydrogen-bond acceptors (Lipinski definition) is 6. The largest absolute Gasteiger partial charge is 0.345 e. The number of hydrogen-bond donors (Lipinski definition) is 1. The molecule has 106 valence electrons. The van der Waals surface area contributed by atoms with Crippen LogP contribution in [0.15, 0.2) is 11.6 Å². The number of thioether (sulfide) groups is 1. The number of nitrogens with two attached hydrogens (primary N) is 1. The van der Waals surface area contributed by atoms with Gasteiger partial charge in [0.2, 0.25) is 5.91 Å². The van der Waals surface area contributed by atoms with Gasteiger partial charge in [0.25, 0.3) is 0 Å². The highest BCUT2D eigenvalue weighted by atomic mass is 32.2. The fourth-order valence-electron chi connectivity index (χ4n) is 2.09. The van der Waals surface area contributed by atoms with E-state index >= 15 is 0 Å². The monoisotopic (exact) mass is 300 g/mol. The molecule has 1 atom stereocenters. The van der Waals surface area contributed by atoms with Gasteiger partial charge in [0.15, 0.2) is 5.13 Å². The zero-order valence-electron chi connectivity index (χ0n) is 11.1. The van der Waals surface area contributed by atoms with E-state index in [0.29, 0.717) is 0 Å². The number of rotatable bonds is 5. The van der Waals surface area contributed by atoms with Gasteiger partial charge in [-0.1, -0.05) is 0 Å². The summed E-state index contributed by atoms with van der Waals surface area (Å²) in [6.45, 7) is 3.17. The average Bonchev–Trinajstić information content (AvgIpc) is 2.98. The molecule has 0 unspecified atom stereocenters. The average molecular weight is 300 g/mol. The minimum atomic E-state index is -0.348. The second-order valence-corrected chi connectivity index (χ2v) is 6.37. The van der Waals surface area contributed by atoms with Crippen LogP contribution in [-0.2, 0) is 4.79 Å². The second-order valence-electron chi connectivity index (χ2n) is 4.51. The molecular formula is C12H20N4OS2. The van der Waals surface area contributed by atoms with E-state index in [9.17, 15) is 4.79 Å². The highest BCUT2D eigenvalue weighted by Crippen LogP contribution is 2.19. The van der Waals surface area contributed by atoms with Crippen molar-refractivity contribution in [3.8, 4) is 0 Å². The number of carbonyl (C=O) groups is 1. The predicted octanol–water partition coefficient (Wildman–Crippen LogP) is 0.872. The molecule has 2 N–H and O–H groups in total. The number of amides is 1. The molecule has 1 amide bonds. The Morgan fingerprint density at radius 1 is 1.53 bits per heavy atom. The Hall–Kier alpha value is -0.790. The van der Waals surface area contributed by atoms with Crippen LogP contribution in [0.5, 0.6) is 0 Å². The molecule has 1 saturated heterocycles. The maximum Gasteiger partial charge on any atom is 0.239 e. The van der Waals surface area contributed by atoms with Crippen molar-refractivity contribution >= 4 is 34.1 Å². The molecule has 0 radical (unpaired) electrons. The molecule has 19 heavy (non-hydrogen) atoms. The quantitative estimate of drug-likeness (QED) is 0.874. The second kappa shape index (κ2) is 7.12. The lowest BCUT2D eigenvalue weighted by molar-refractivity contribution is -0.132. The van der Waals surface area contributed by atoms with Crippen LogP contribution in [0.4, 0.5) is 5.13 Å². The molecule has 7 heteroatoms. The van der Waals surface area contributed by atoms with Gasteiger partial charge in [-0.15, -0.1) is 11.3 Å². The van der Waals surface area contributed by atoms with Crippen LogP contribution in [0.3, 0.4) is 0 Å². The fourth-order valence-corrected chi connectivity index (χ4v) is 3.28. The number of aromatic nitrogens is 1. The van der Waals surface area contributed by atoms with Gasteiger partial charge in [0, 0.05) is 37.8 Å². The minimum absolute atomic E-state index is 0.0906. The van der Waals surface area contributed by atoms with Crippen molar-refractivity contribution < 1.29 is 4.79 Å². The Morgan fingerprint density at radius 2 is 2.26 bits per heavy atom. The zero-order chi connectivity index (χ0) is 13.7. The summed E-state index contributed by atoms with van der Waals surface area (Å²) < 4.78 is 0. The lowest BCUT2D eigenvalue weighted by Gasteiger charge is -2.35. The molecule has 0 aromatic carbocycles. The molecule has 1 aliphatic heterocycles. The number of anilines is 1. The van der Waals surface area contributed by atoms with E-state index in [1.54, 1.807) is 23.1 Å². The number of nitrogens with zero attached hydrogens (tertiary/aromatic N) is 3. The van der Waals surface area contributed by atoms with Crippen molar-refractivity contribution in [1.82, 2.24) is 9.88 Å². The standard InChI is InChI=1S/C12H20N4OS2/c1-18-8-2-10(13)11(17)15-4-6-16(7-5-15)12-14-3-9-19-12/h3,9-10H,2,4-8,13H2,1H3/t10-/m0/s1. The Labute approximate surface area is 122 Å². The van der Waals surface area contributed by atoms with Crippen LogP contribution < -0.4 is 10.6 Å². The Morgan fingerprint density at radius 3 is 2.84 bits per heavy atom. The first-order chi connectivity index (χ1) is 9.22. The third-order valence-electron chi connectivity index (χ3n) is 3.23. The van der Waals surface area contributed by atoms with E-state index in [0.717, 1.165) is 43.5 Å². The normalized spacial score (nSPS) is 17.6. The molecule has 0 bridgehead atoms. The van der Waals surface area contributed by atoms with Crippen molar-refractivity contribution in [1.29, 1.82) is 0 Å². The Bertz CT molecular complexity index is 390. The maximum absolute atomic E-state index is 12.2. The van der Waals surface area contributed by atoms with Crippen LogP contribution in [0, 0.1) is 0 Å². The first-order valence-corrected chi connectivity index (χ1v) is 8.67. The molecular weight excluding hydrogens is 280 g/mol. The van der Waals surface area contributed by atoms with E-state index in [1.165, 1.54) is 0 Å². The SMILES string of the molecule is CSCC[C@H](N)C(=O)N1CCN(c2nccs2)CC1. The van der Waals surface area contributed by atoms with Crippen LogP contribution in [0.2, 0.25) is 0 Å². The molecule has 1 aliphatic rings. The van der Waals surface area contributed by atoms with E-state index in [1.807, 2.05) is 22.7 Å². The van der Waals surface area contributed by atoms with Gasteiger partial charge in [-0.05, 0) is 18.4 Å². The molecule has 1 aromatic rings. The summed E-state index contributed by atoms with van der Waals surface area (Å²) in [5.41, 5.74) is 5.93. The van der Waals surface area contributed by atoms with Crippen LogP contribution in [0.1, 0.15) is 6.42 Å². The number of thiazole rings is 1. The summed E-state index contributed by atoms with van der Waals surface area (Å²) >= 11 is 3.37. The van der Waals surface area contributed by atoms with Crippen molar-refractivity contribution in [2.75, 3.05) is 43.1 Å². The number of carbonyl (C=O) groups excluding carboxylic acids is 1. The topological polar surface area (TPSA) is 62.5 Å². The molecule has 1 aromatic heterocycles. The summed E-state index contributed by atoms with van der Waals surface area (Å²) in [5.74, 6) is 1.03. The molecule has 5 nitrogen and oxygen atoms in total. The van der Waals surface area contributed by atoms with Crippen LogP contribution >= 0.6 is 23.1 Å². The van der Waals surface area contributed by atoms with E-state index in [-0.39, 0.29) is 11.9 Å². The first-order valence-electron chi connectivity index (χ1n) is 6.40. The maximum atomic E-state index is 12.2. The van der Waals surface area contributed by atoms with Crippen molar-refractivity contribution in [2.45, 2.75) is 12.5 Å². The van der Waals surface area contributed by atoms with Crippen molar-refractivity contribution in [3.05, 3.63) is 11.6 Å². The summed E-state index contributed by atoms with van der Waals surface area (Å²) in [7, 11) is 0. The molecule has 0 spiro atoms. The van der Waals surface area contributed by atoms with Gasteiger partial charge in [-0.25, -0.2) is 4.98 Å². The van der Waals surface area contributed by atoms with E-state index in [2.05, 4.69) is 9.88 Å². The van der Waals surface area contributed by atoms with Crippen molar-refractivity contribution in [2.24, 2.45) is 5.73 Å². The molecule has 2 heterocycles. The van der Waals surface area contributed by atoms with Gasteiger partial charge in [0.05, 0.1) is 6.04 Å². The van der Waals surface area contributed by atoms with E-state index < -0.39 is 0 Å². The minimum Gasteiger partial charge on any atom is -0.345 e. The molecule has 1 fully saturated rings. The van der Waals surface area contributed by atoms with Gasteiger partial charge in [-0.2, -0.15) is 11.8 Å². The van der Waals surface area contributed by atoms with E-state index in [4.69, 9.17) is 5.73 Å². The molecule has 0 saturated carbocycles. The van der Waals surface area contributed by atoms with Crippen LogP contribution in [-0.4, -0.2) is 60.0 Å². The molecule has 0 aliphatic carbocycles. The summed E-state index contributed by atoms with van der Waals surface area (Å²) in [5, 5.41) is 3.02. The van der Waals surface area contributed by atoms with Gasteiger partial charge in [0.1, 0.15) is 0 Å². The lowest BCUT2D eigenvalue weighted by atomic mass is 10.2. The zero-order valence-corrected chi connectivity index (χ0v) is 12.8. The fraction of sp³-hybridized carbons (Fsp3) is 0.667. The third-order valence-corrected chi connectivity index (χ3v) is 4.71. The third kappa shape index (κ3) is 3.84. The molecule has 2 rings (SSSR count).